The van der Waals surface area contributed by atoms with E-state index in [0.29, 0.717) is 43.2 Å². The number of nitrogens with zero attached hydrogens (tertiary/aromatic N) is 3. The first kappa shape index (κ1) is 22.1. The predicted molar refractivity (Wildman–Crippen MR) is 103 cm³/mol. The van der Waals surface area contributed by atoms with Crippen LogP contribution >= 0.6 is 0 Å². The summed E-state index contributed by atoms with van der Waals surface area (Å²) < 4.78 is 5.74. The summed E-state index contributed by atoms with van der Waals surface area (Å²) in [5.41, 5.74) is 7.28. The van der Waals surface area contributed by atoms with Crippen molar-refractivity contribution in [3.63, 3.8) is 0 Å². The number of pyridine rings is 1. The number of carbonyl (C=O) groups excluding carboxylic acids is 2. The number of nitrogens with two attached hydrogens (primary N) is 1. The van der Waals surface area contributed by atoms with Crippen molar-refractivity contribution in [3.8, 4) is 0 Å². The van der Waals surface area contributed by atoms with Crippen molar-refractivity contribution in [2.45, 2.75) is 38.8 Å². The zero-order chi connectivity index (χ0) is 21.6. The van der Waals surface area contributed by atoms with Crippen molar-refractivity contribution in [1.82, 2.24) is 15.3 Å². The average molecular weight is 407 g/mol. The maximum Gasteiger partial charge on any atom is 0.299 e. The normalized spacial score (nSPS) is 16.4. The number of hydrogen-bond donors (Lipinski definition) is 4. The molecule has 5 N–H and O–H groups in total. The van der Waals surface area contributed by atoms with Crippen LogP contribution in [0, 0.1) is 12.8 Å². The maximum absolute atomic E-state index is 12.3. The van der Waals surface area contributed by atoms with Crippen molar-refractivity contribution >= 4 is 35.5 Å². The van der Waals surface area contributed by atoms with Crippen molar-refractivity contribution < 1.29 is 29.0 Å². The van der Waals surface area contributed by atoms with E-state index >= 15 is 0 Å². The molecule has 11 heteroatoms. The third-order valence-electron chi connectivity index (χ3n) is 4.60. The first-order valence-corrected chi connectivity index (χ1v) is 9.11. The average Bonchev–Trinajstić information content (AvgIpc) is 3.09. The molecule has 1 aliphatic rings. The molecule has 2 atom stereocenters. The van der Waals surface area contributed by atoms with Gasteiger partial charge in [-0.2, -0.15) is 4.98 Å². The van der Waals surface area contributed by atoms with Crippen LogP contribution in [0.3, 0.4) is 0 Å². The highest BCUT2D eigenvalue weighted by Gasteiger charge is 2.31. The largest absolute Gasteiger partial charge is 0.483 e. The van der Waals surface area contributed by atoms with E-state index < -0.39 is 18.1 Å². The lowest BCUT2D eigenvalue weighted by molar-refractivity contribution is -0.132. The van der Waals surface area contributed by atoms with Crippen LogP contribution in [0.1, 0.15) is 25.5 Å². The SMILES string of the molecule is Cc1ccc2oc(N3CCC(C(=O)N[C@H](C(N)=O)[C@@H](C)O)CC3)nc2n1.O=CO. The van der Waals surface area contributed by atoms with Gasteiger partial charge in [0, 0.05) is 24.7 Å². The zero-order valence-electron chi connectivity index (χ0n) is 16.2. The Balaban J connectivity index is 0.000000941. The third-order valence-corrected chi connectivity index (χ3v) is 4.60. The van der Waals surface area contributed by atoms with Gasteiger partial charge in [-0.25, -0.2) is 4.98 Å². The number of piperidine rings is 1. The van der Waals surface area contributed by atoms with Gasteiger partial charge >= 0.3 is 0 Å². The van der Waals surface area contributed by atoms with E-state index in [0.717, 1.165) is 5.69 Å². The van der Waals surface area contributed by atoms with Crippen LogP contribution in [0.2, 0.25) is 0 Å². The van der Waals surface area contributed by atoms with Crippen LogP contribution in [0.25, 0.3) is 11.2 Å². The summed E-state index contributed by atoms with van der Waals surface area (Å²) in [5.74, 6) is -1.28. The highest BCUT2D eigenvalue weighted by molar-refractivity contribution is 5.88. The fourth-order valence-electron chi connectivity index (χ4n) is 3.07. The van der Waals surface area contributed by atoms with E-state index in [1.54, 1.807) is 0 Å². The van der Waals surface area contributed by atoms with Crippen molar-refractivity contribution in [2.75, 3.05) is 18.0 Å². The molecule has 1 saturated heterocycles. The molecule has 0 saturated carbocycles. The zero-order valence-corrected chi connectivity index (χ0v) is 16.2. The molecule has 0 aliphatic carbocycles. The molecule has 0 unspecified atom stereocenters. The van der Waals surface area contributed by atoms with Crippen molar-refractivity contribution in [3.05, 3.63) is 17.8 Å². The minimum absolute atomic E-state index is 0.250. The molecule has 2 aromatic rings. The van der Waals surface area contributed by atoms with Crippen LogP contribution in [-0.4, -0.2) is 63.7 Å². The number of aliphatic hydroxyl groups is 1. The Hall–Kier alpha value is -3.21. The number of aromatic nitrogens is 2. The number of hydrogen-bond acceptors (Lipinski definition) is 8. The number of rotatable bonds is 5. The fraction of sp³-hybridized carbons (Fsp3) is 0.500. The molecular weight excluding hydrogens is 382 g/mol. The second-order valence-electron chi connectivity index (χ2n) is 6.77. The van der Waals surface area contributed by atoms with E-state index in [4.69, 9.17) is 20.1 Å². The Morgan fingerprint density at radius 2 is 1.97 bits per heavy atom. The van der Waals surface area contributed by atoms with Gasteiger partial charge in [0.15, 0.2) is 5.58 Å². The number of carboxylic acid groups (broad SMARTS) is 1. The van der Waals surface area contributed by atoms with Crippen molar-refractivity contribution in [2.24, 2.45) is 11.7 Å². The van der Waals surface area contributed by atoms with E-state index in [1.165, 1.54) is 6.92 Å². The van der Waals surface area contributed by atoms with Crippen LogP contribution in [0.5, 0.6) is 0 Å². The lowest BCUT2D eigenvalue weighted by Gasteiger charge is -2.31. The second-order valence-corrected chi connectivity index (χ2v) is 6.77. The number of carbonyl (C=O) groups is 3. The van der Waals surface area contributed by atoms with Gasteiger partial charge < -0.3 is 30.6 Å². The number of amides is 2. The van der Waals surface area contributed by atoms with Gasteiger partial charge in [-0.1, -0.05) is 0 Å². The van der Waals surface area contributed by atoms with Gasteiger partial charge in [-0.05, 0) is 38.8 Å². The van der Waals surface area contributed by atoms with Gasteiger partial charge in [-0.15, -0.1) is 0 Å². The quantitative estimate of drug-likeness (QED) is 0.490. The highest BCUT2D eigenvalue weighted by Crippen LogP contribution is 2.26. The van der Waals surface area contributed by atoms with Gasteiger partial charge in [0.25, 0.3) is 12.5 Å². The van der Waals surface area contributed by atoms with E-state index in [1.807, 2.05) is 24.0 Å². The molecule has 11 nitrogen and oxygen atoms in total. The second kappa shape index (κ2) is 9.82. The Kier molecular flexibility index (Phi) is 7.48. The number of aliphatic hydroxyl groups excluding tert-OH is 1. The molecule has 1 aliphatic heterocycles. The molecular formula is C18H25N5O6. The Morgan fingerprint density at radius 1 is 1.34 bits per heavy atom. The summed E-state index contributed by atoms with van der Waals surface area (Å²) in [7, 11) is 0. The predicted octanol–water partition coefficient (Wildman–Crippen LogP) is -0.201. The number of primary amides is 1. The number of anilines is 1. The molecule has 1 fully saturated rings. The van der Waals surface area contributed by atoms with Crippen LogP contribution in [-0.2, 0) is 14.4 Å². The topological polar surface area (TPSA) is 172 Å². The molecule has 0 spiro atoms. The minimum atomic E-state index is -1.08. The molecule has 0 bridgehead atoms. The Morgan fingerprint density at radius 3 is 2.52 bits per heavy atom. The fourth-order valence-corrected chi connectivity index (χ4v) is 3.07. The molecule has 2 aromatic heterocycles. The molecule has 0 aromatic carbocycles. The van der Waals surface area contributed by atoms with Crippen LogP contribution < -0.4 is 16.0 Å². The van der Waals surface area contributed by atoms with E-state index in [-0.39, 0.29) is 18.3 Å². The van der Waals surface area contributed by atoms with Crippen LogP contribution in [0.4, 0.5) is 6.01 Å². The molecule has 3 heterocycles. The maximum atomic E-state index is 12.3. The minimum Gasteiger partial charge on any atom is -0.483 e. The summed E-state index contributed by atoms with van der Waals surface area (Å²) >= 11 is 0. The van der Waals surface area contributed by atoms with Gasteiger partial charge in [0.05, 0.1) is 6.10 Å². The number of nitrogens with one attached hydrogen (secondary N) is 1. The summed E-state index contributed by atoms with van der Waals surface area (Å²) in [6.07, 6.45) is 0.136. The van der Waals surface area contributed by atoms with Gasteiger partial charge in [0.1, 0.15) is 6.04 Å². The Labute approximate surface area is 166 Å². The standard InChI is InChI=1S/C17H23N5O4.CH2O2/c1-9-3-4-12-15(19-9)21-17(26-12)22-7-5-11(6-8-22)16(25)20-13(10(2)23)14(18)24;2-1-3/h3-4,10-11,13,23H,5-8H2,1-2H3,(H2,18,24)(H,20,25);1H,(H,2,3)/t10-,13+;/m1./s1. The smallest absolute Gasteiger partial charge is 0.299 e. The van der Waals surface area contributed by atoms with Gasteiger partial charge in [0.2, 0.25) is 17.5 Å². The monoisotopic (exact) mass is 407 g/mol. The summed E-state index contributed by atoms with van der Waals surface area (Å²) in [6, 6.07) is 3.13. The number of fused-ring (bicyclic) bond motifs is 1. The van der Waals surface area contributed by atoms with E-state index in [2.05, 4.69) is 15.3 Å². The summed E-state index contributed by atoms with van der Waals surface area (Å²) in [4.78, 5) is 42.7. The van der Waals surface area contributed by atoms with E-state index in [9.17, 15) is 14.7 Å². The summed E-state index contributed by atoms with van der Waals surface area (Å²) in [6.45, 7) is 4.26. The van der Waals surface area contributed by atoms with Gasteiger partial charge in [-0.3, -0.25) is 14.4 Å². The Bertz CT molecular complexity index is 860. The molecule has 29 heavy (non-hydrogen) atoms. The van der Waals surface area contributed by atoms with Crippen molar-refractivity contribution in [1.29, 1.82) is 0 Å². The first-order valence-electron chi connectivity index (χ1n) is 9.11. The third kappa shape index (κ3) is 5.64. The lowest BCUT2D eigenvalue weighted by atomic mass is 9.95. The lowest BCUT2D eigenvalue weighted by Crippen LogP contribution is -2.53. The number of oxazole rings is 1. The molecule has 2 amide bonds. The highest BCUT2D eigenvalue weighted by atomic mass is 16.4. The van der Waals surface area contributed by atoms with Crippen LogP contribution in [0.15, 0.2) is 16.5 Å². The molecule has 3 rings (SSSR count). The number of aryl methyl sites for hydroxylation is 1. The summed E-state index contributed by atoms with van der Waals surface area (Å²) in [5, 5.41) is 19.0. The first-order chi connectivity index (χ1) is 13.8. The molecule has 0 radical (unpaired) electrons. The molecule has 158 valence electrons.